The van der Waals surface area contributed by atoms with E-state index >= 15 is 0 Å². The molecule has 0 saturated carbocycles. The Kier molecular flexibility index (Phi) is 4.32. The van der Waals surface area contributed by atoms with Crippen molar-refractivity contribution in [2.75, 3.05) is 12.4 Å². The maximum absolute atomic E-state index is 5.42. The van der Waals surface area contributed by atoms with E-state index in [1.165, 1.54) is 11.3 Å². The van der Waals surface area contributed by atoms with Gasteiger partial charge in [-0.05, 0) is 24.5 Å². The number of anilines is 1. The summed E-state index contributed by atoms with van der Waals surface area (Å²) in [6, 6.07) is 8.42. The Morgan fingerprint density at radius 2 is 2.00 bits per heavy atom. The number of nitrogens with one attached hydrogen (secondary N) is 1. The second kappa shape index (κ2) is 5.99. The van der Waals surface area contributed by atoms with Crippen molar-refractivity contribution < 1.29 is 4.74 Å². The highest BCUT2D eigenvalue weighted by Crippen LogP contribution is 2.26. The molecule has 108 valence electrons. The molecular weight excluding hydrogens is 250 g/mol. The number of benzene rings is 1. The molecule has 20 heavy (non-hydrogen) atoms. The van der Waals surface area contributed by atoms with Gasteiger partial charge in [0.2, 0.25) is 5.88 Å². The average Bonchev–Trinajstić information content (AvgIpc) is 2.70. The predicted octanol–water partition coefficient (Wildman–Crippen LogP) is 3.47. The molecule has 0 bridgehead atoms. The molecule has 0 aliphatic heterocycles. The zero-order chi connectivity index (χ0) is 14.7. The van der Waals surface area contributed by atoms with Crippen LogP contribution in [0.1, 0.15) is 36.6 Å². The Labute approximate surface area is 120 Å². The molecule has 0 aliphatic rings. The zero-order valence-corrected chi connectivity index (χ0v) is 12.9. The summed E-state index contributed by atoms with van der Waals surface area (Å²) >= 11 is 0. The second-order valence-corrected chi connectivity index (χ2v) is 5.29. The summed E-state index contributed by atoms with van der Waals surface area (Å²) in [5.74, 6) is 1.31. The lowest BCUT2D eigenvalue weighted by Crippen LogP contribution is -2.05. The van der Waals surface area contributed by atoms with Crippen molar-refractivity contribution in [3.8, 4) is 5.88 Å². The molecule has 1 aromatic heterocycles. The smallest absolute Gasteiger partial charge is 0.216 e. The minimum Gasteiger partial charge on any atom is -0.481 e. The summed E-state index contributed by atoms with van der Waals surface area (Å²) in [5.41, 5.74) is 4.60. The fourth-order valence-corrected chi connectivity index (χ4v) is 2.48. The van der Waals surface area contributed by atoms with Crippen LogP contribution < -0.4 is 10.1 Å². The maximum atomic E-state index is 5.42. The van der Waals surface area contributed by atoms with Crippen LogP contribution in [0.5, 0.6) is 5.88 Å². The minimum absolute atomic E-state index is 0.496. The van der Waals surface area contributed by atoms with Crippen molar-refractivity contribution >= 4 is 5.69 Å². The van der Waals surface area contributed by atoms with Gasteiger partial charge in [-0.15, -0.1) is 0 Å². The molecule has 1 heterocycles. The average molecular weight is 273 g/mol. The van der Waals surface area contributed by atoms with Crippen LogP contribution in [0.25, 0.3) is 0 Å². The van der Waals surface area contributed by atoms with Crippen LogP contribution in [-0.2, 0) is 13.6 Å². The minimum atomic E-state index is 0.496. The summed E-state index contributed by atoms with van der Waals surface area (Å²) in [4.78, 5) is 0. The molecule has 1 aromatic carbocycles. The van der Waals surface area contributed by atoms with Crippen LogP contribution in [0.3, 0.4) is 0 Å². The first-order valence-corrected chi connectivity index (χ1v) is 6.93. The van der Waals surface area contributed by atoms with Gasteiger partial charge < -0.3 is 10.1 Å². The second-order valence-electron chi connectivity index (χ2n) is 5.29. The van der Waals surface area contributed by atoms with E-state index in [0.717, 1.165) is 17.1 Å². The molecule has 0 atom stereocenters. The number of methoxy groups -OCH3 is 1. The fourth-order valence-electron chi connectivity index (χ4n) is 2.48. The summed E-state index contributed by atoms with van der Waals surface area (Å²) in [6.07, 6.45) is 0. The number of para-hydroxylation sites is 1. The van der Waals surface area contributed by atoms with Crippen molar-refractivity contribution in [3.05, 3.63) is 41.1 Å². The highest BCUT2D eigenvalue weighted by atomic mass is 16.5. The standard InChI is InChI=1S/C16H23N3O/c1-11(2)13-8-6-7-9-15(13)17-10-14-12(3)18-19(4)16(14)20-5/h6-9,11,17H,10H2,1-5H3. The Hall–Kier alpha value is -1.97. The van der Waals surface area contributed by atoms with E-state index in [-0.39, 0.29) is 0 Å². The third-order valence-corrected chi connectivity index (χ3v) is 3.52. The predicted molar refractivity (Wildman–Crippen MR) is 82.4 cm³/mol. The molecule has 2 rings (SSSR count). The third-order valence-electron chi connectivity index (χ3n) is 3.52. The van der Waals surface area contributed by atoms with Crippen LogP contribution >= 0.6 is 0 Å². The van der Waals surface area contributed by atoms with Crippen LogP contribution in [0.2, 0.25) is 0 Å². The van der Waals surface area contributed by atoms with Crippen molar-refractivity contribution in [2.24, 2.45) is 7.05 Å². The Morgan fingerprint density at radius 3 is 2.65 bits per heavy atom. The largest absolute Gasteiger partial charge is 0.481 e. The van der Waals surface area contributed by atoms with Gasteiger partial charge in [0.05, 0.1) is 18.4 Å². The number of hydrogen-bond donors (Lipinski definition) is 1. The van der Waals surface area contributed by atoms with E-state index in [4.69, 9.17) is 4.74 Å². The molecule has 0 spiro atoms. The van der Waals surface area contributed by atoms with Crippen molar-refractivity contribution in [1.82, 2.24) is 9.78 Å². The number of nitrogens with zero attached hydrogens (tertiary/aromatic N) is 2. The number of rotatable bonds is 5. The van der Waals surface area contributed by atoms with Gasteiger partial charge in [0, 0.05) is 19.3 Å². The lowest BCUT2D eigenvalue weighted by Gasteiger charge is -2.14. The van der Waals surface area contributed by atoms with Gasteiger partial charge in [-0.3, -0.25) is 0 Å². The molecule has 0 saturated heterocycles. The van der Waals surface area contributed by atoms with Crippen LogP contribution in [0, 0.1) is 6.92 Å². The molecule has 1 N–H and O–H groups in total. The van der Waals surface area contributed by atoms with E-state index < -0.39 is 0 Å². The van der Waals surface area contributed by atoms with Gasteiger partial charge in [0.1, 0.15) is 0 Å². The lowest BCUT2D eigenvalue weighted by molar-refractivity contribution is 0.370. The molecule has 0 fully saturated rings. The molecule has 0 radical (unpaired) electrons. The molecule has 0 amide bonds. The molecule has 0 unspecified atom stereocenters. The number of aryl methyl sites for hydroxylation is 2. The summed E-state index contributed by atoms with van der Waals surface area (Å²) in [5, 5.41) is 7.91. The fraction of sp³-hybridized carbons (Fsp3) is 0.438. The van der Waals surface area contributed by atoms with Crippen LogP contribution in [0.4, 0.5) is 5.69 Å². The Morgan fingerprint density at radius 1 is 1.30 bits per heavy atom. The number of hydrogen-bond acceptors (Lipinski definition) is 3. The number of ether oxygens (including phenoxy) is 1. The summed E-state index contributed by atoms with van der Waals surface area (Å²) < 4.78 is 7.20. The van der Waals surface area contributed by atoms with E-state index in [9.17, 15) is 0 Å². The summed E-state index contributed by atoms with van der Waals surface area (Å²) in [6.45, 7) is 7.13. The van der Waals surface area contributed by atoms with Crippen molar-refractivity contribution in [3.63, 3.8) is 0 Å². The van der Waals surface area contributed by atoms with Crippen LogP contribution in [0.15, 0.2) is 24.3 Å². The van der Waals surface area contributed by atoms with Gasteiger partial charge in [-0.1, -0.05) is 32.0 Å². The topological polar surface area (TPSA) is 39.1 Å². The SMILES string of the molecule is COc1c(CNc2ccccc2C(C)C)c(C)nn1C. The van der Waals surface area contributed by atoms with Crippen LogP contribution in [-0.4, -0.2) is 16.9 Å². The Bertz CT molecular complexity index is 587. The quantitative estimate of drug-likeness (QED) is 0.906. The third kappa shape index (κ3) is 2.79. The monoisotopic (exact) mass is 273 g/mol. The summed E-state index contributed by atoms with van der Waals surface area (Å²) in [7, 11) is 3.58. The first-order chi connectivity index (χ1) is 9.54. The highest BCUT2D eigenvalue weighted by molar-refractivity contribution is 5.53. The first kappa shape index (κ1) is 14.4. The van der Waals surface area contributed by atoms with Gasteiger partial charge >= 0.3 is 0 Å². The highest BCUT2D eigenvalue weighted by Gasteiger charge is 2.14. The molecule has 0 aliphatic carbocycles. The van der Waals surface area contributed by atoms with Gasteiger partial charge in [0.25, 0.3) is 0 Å². The Balaban J connectivity index is 2.21. The van der Waals surface area contributed by atoms with Gasteiger partial charge in [-0.2, -0.15) is 5.10 Å². The van der Waals surface area contributed by atoms with Crippen molar-refractivity contribution in [2.45, 2.75) is 33.2 Å². The normalized spacial score (nSPS) is 10.9. The van der Waals surface area contributed by atoms with E-state index in [2.05, 4.69) is 48.5 Å². The van der Waals surface area contributed by atoms with Crippen molar-refractivity contribution in [1.29, 1.82) is 0 Å². The van der Waals surface area contributed by atoms with Gasteiger partial charge in [0.15, 0.2) is 0 Å². The van der Waals surface area contributed by atoms with E-state index in [1.807, 2.05) is 14.0 Å². The molecule has 4 nitrogen and oxygen atoms in total. The maximum Gasteiger partial charge on any atom is 0.216 e. The molecule has 2 aromatic rings. The van der Waals surface area contributed by atoms with Gasteiger partial charge in [-0.25, -0.2) is 4.68 Å². The van der Waals surface area contributed by atoms with E-state index in [0.29, 0.717) is 12.5 Å². The number of aromatic nitrogens is 2. The lowest BCUT2D eigenvalue weighted by atomic mass is 10.0. The van der Waals surface area contributed by atoms with E-state index in [1.54, 1.807) is 11.8 Å². The first-order valence-electron chi connectivity index (χ1n) is 6.93. The molecular formula is C16H23N3O. The molecule has 4 heteroatoms. The zero-order valence-electron chi connectivity index (χ0n) is 12.9.